The number of rotatable bonds is 4. The van der Waals surface area contributed by atoms with Crippen LogP contribution in [0.5, 0.6) is 0 Å². The predicted molar refractivity (Wildman–Crippen MR) is 78.1 cm³/mol. The van der Waals surface area contributed by atoms with Crippen molar-refractivity contribution in [3.05, 3.63) is 30.3 Å². The highest BCUT2D eigenvalue weighted by atomic mass is 32.2. The summed E-state index contributed by atoms with van der Waals surface area (Å²) in [7, 11) is -3.53. The summed E-state index contributed by atoms with van der Waals surface area (Å²) in [5, 5.41) is 2.85. The molecule has 5 heteroatoms. The Morgan fingerprint density at radius 1 is 1.15 bits per heavy atom. The van der Waals surface area contributed by atoms with Crippen LogP contribution in [0.4, 0.5) is 0 Å². The van der Waals surface area contributed by atoms with Gasteiger partial charge in [-0.15, -0.1) is 0 Å². The molecule has 20 heavy (non-hydrogen) atoms. The molecule has 0 atom stereocenters. The van der Waals surface area contributed by atoms with Gasteiger partial charge in [-0.05, 0) is 43.7 Å². The number of nitrogens with one attached hydrogen (secondary N) is 1. The first-order chi connectivity index (χ1) is 9.47. The molecule has 1 aromatic rings. The zero-order valence-electron chi connectivity index (χ0n) is 11.7. The molecular weight excluding hydrogens is 274 g/mol. The van der Waals surface area contributed by atoms with Crippen molar-refractivity contribution >= 4 is 15.7 Å². The van der Waals surface area contributed by atoms with Crippen LogP contribution in [0.15, 0.2) is 35.2 Å². The average Bonchev–Trinajstić information content (AvgIpc) is 2.42. The molecule has 0 radical (unpaired) electrons. The quantitative estimate of drug-likeness (QED) is 0.926. The van der Waals surface area contributed by atoms with Crippen LogP contribution in [0.25, 0.3) is 0 Å². The first-order valence-corrected chi connectivity index (χ1v) is 8.70. The Hall–Kier alpha value is -1.36. The fourth-order valence-electron chi connectivity index (χ4n) is 2.56. The molecule has 0 saturated heterocycles. The van der Waals surface area contributed by atoms with E-state index in [0.717, 1.165) is 25.7 Å². The number of benzene rings is 1. The third-order valence-electron chi connectivity index (χ3n) is 3.80. The van der Waals surface area contributed by atoms with Crippen molar-refractivity contribution in [3.8, 4) is 0 Å². The molecule has 1 aliphatic rings. The molecule has 0 spiro atoms. The Balaban J connectivity index is 1.91. The summed E-state index contributed by atoms with van der Waals surface area (Å²) in [6.45, 7) is 2.21. The first kappa shape index (κ1) is 15.0. The SMILES string of the molecule is CC1CCC(NC(=O)CS(=O)(=O)c2ccccc2)CC1. The predicted octanol–water partition coefficient (Wildman–Crippen LogP) is 2.16. The maximum Gasteiger partial charge on any atom is 0.235 e. The molecule has 4 nitrogen and oxygen atoms in total. The van der Waals surface area contributed by atoms with E-state index in [1.165, 1.54) is 12.1 Å². The monoisotopic (exact) mass is 295 g/mol. The number of carbonyl (C=O) groups excluding carboxylic acids is 1. The summed E-state index contributed by atoms with van der Waals surface area (Å²) in [5.41, 5.74) is 0. The Labute approximate surface area is 120 Å². The van der Waals surface area contributed by atoms with Crippen molar-refractivity contribution in [2.75, 3.05) is 5.75 Å². The number of hydrogen-bond donors (Lipinski definition) is 1. The first-order valence-electron chi connectivity index (χ1n) is 7.04. The van der Waals surface area contributed by atoms with E-state index in [-0.39, 0.29) is 10.9 Å². The zero-order chi connectivity index (χ0) is 14.6. The molecule has 1 aromatic carbocycles. The average molecular weight is 295 g/mol. The van der Waals surface area contributed by atoms with E-state index in [4.69, 9.17) is 0 Å². The van der Waals surface area contributed by atoms with E-state index in [1.54, 1.807) is 18.2 Å². The summed E-state index contributed by atoms with van der Waals surface area (Å²) in [4.78, 5) is 12.1. The maximum atomic E-state index is 12.1. The zero-order valence-corrected chi connectivity index (χ0v) is 12.5. The highest BCUT2D eigenvalue weighted by Gasteiger charge is 2.23. The summed E-state index contributed by atoms with van der Waals surface area (Å²) in [5.74, 6) is -0.159. The van der Waals surface area contributed by atoms with Gasteiger partial charge in [-0.25, -0.2) is 8.42 Å². The van der Waals surface area contributed by atoms with Crippen molar-refractivity contribution in [1.29, 1.82) is 0 Å². The Kier molecular flexibility index (Phi) is 4.81. The molecule has 1 N–H and O–H groups in total. The Morgan fingerprint density at radius 3 is 2.35 bits per heavy atom. The van der Waals surface area contributed by atoms with Gasteiger partial charge < -0.3 is 5.32 Å². The van der Waals surface area contributed by atoms with E-state index in [1.807, 2.05) is 0 Å². The van der Waals surface area contributed by atoms with Crippen molar-refractivity contribution < 1.29 is 13.2 Å². The lowest BCUT2D eigenvalue weighted by atomic mass is 9.87. The molecule has 1 fully saturated rings. The second kappa shape index (κ2) is 6.39. The van der Waals surface area contributed by atoms with Crippen molar-refractivity contribution in [2.24, 2.45) is 5.92 Å². The second-order valence-corrected chi connectivity index (χ2v) is 7.59. The molecule has 1 amide bonds. The van der Waals surface area contributed by atoms with Gasteiger partial charge in [0.05, 0.1) is 4.90 Å². The van der Waals surface area contributed by atoms with E-state index >= 15 is 0 Å². The summed E-state index contributed by atoms with van der Waals surface area (Å²) in [6, 6.07) is 8.24. The molecule has 0 heterocycles. The normalized spacial score (nSPS) is 23.2. The maximum absolute atomic E-state index is 12.1. The highest BCUT2D eigenvalue weighted by molar-refractivity contribution is 7.92. The van der Waals surface area contributed by atoms with Crippen LogP contribution in [-0.2, 0) is 14.6 Å². The molecule has 0 bridgehead atoms. The summed E-state index contributed by atoms with van der Waals surface area (Å²) >= 11 is 0. The van der Waals surface area contributed by atoms with Gasteiger partial charge in [0.1, 0.15) is 5.75 Å². The third kappa shape index (κ3) is 4.07. The van der Waals surface area contributed by atoms with Crippen LogP contribution in [0.3, 0.4) is 0 Å². The molecular formula is C15H21NO3S. The van der Waals surface area contributed by atoms with Gasteiger partial charge in [0.2, 0.25) is 5.91 Å². The van der Waals surface area contributed by atoms with Crippen LogP contribution in [-0.4, -0.2) is 26.1 Å². The molecule has 0 aromatic heterocycles. The van der Waals surface area contributed by atoms with Gasteiger partial charge in [0, 0.05) is 6.04 Å². The van der Waals surface area contributed by atoms with Crippen LogP contribution in [0.1, 0.15) is 32.6 Å². The van der Waals surface area contributed by atoms with Crippen LogP contribution >= 0.6 is 0 Å². The molecule has 0 aliphatic heterocycles. The third-order valence-corrected chi connectivity index (χ3v) is 5.44. The minimum atomic E-state index is -3.53. The summed E-state index contributed by atoms with van der Waals surface area (Å²) < 4.78 is 24.2. The lowest BCUT2D eigenvalue weighted by Crippen LogP contribution is -2.40. The summed E-state index contributed by atoms with van der Waals surface area (Å²) in [6.07, 6.45) is 4.07. The number of hydrogen-bond acceptors (Lipinski definition) is 3. The smallest absolute Gasteiger partial charge is 0.235 e. The fraction of sp³-hybridized carbons (Fsp3) is 0.533. The number of carbonyl (C=O) groups is 1. The Morgan fingerprint density at radius 2 is 1.75 bits per heavy atom. The van der Waals surface area contributed by atoms with Crippen molar-refractivity contribution in [2.45, 2.75) is 43.5 Å². The van der Waals surface area contributed by atoms with Crippen molar-refractivity contribution in [3.63, 3.8) is 0 Å². The van der Waals surface area contributed by atoms with Crippen molar-refractivity contribution in [1.82, 2.24) is 5.32 Å². The van der Waals surface area contributed by atoms with Gasteiger partial charge >= 0.3 is 0 Å². The largest absolute Gasteiger partial charge is 0.352 e. The van der Waals surface area contributed by atoms with Crippen LogP contribution in [0.2, 0.25) is 0 Å². The lowest BCUT2D eigenvalue weighted by Gasteiger charge is -2.26. The van der Waals surface area contributed by atoms with E-state index < -0.39 is 21.5 Å². The van der Waals surface area contributed by atoms with Gasteiger partial charge in [-0.3, -0.25) is 4.79 Å². The van der Waals surface area contributed by atoms with E-state index in [0.29, 0.717) is 5.92 Å². The van der Waals surface area contributed by atoms with Crippen LogP contribution < -0.4 is 5.32 Å². The topological polar surface area (TPSA) is 63.2 Å². The number of sulfone groups is 1. The number of amides is 1. The van der Waals surface area contributed by atoms with Gasteiger partial charge in [-0.2, -0.15) is 0 Å². The minimum Gasteiger partial charge on any atom is -0.352 e. The lowest BCUT2D eigenvalue weighted by molar-refractivity contribution is -0.119. The fourth-order valence-corrected chi connectivity index (χ4v) is 3.72. The molecule has 0 unspecified atom stereocenters. The molecule has 1 aliphatic carbocycles. The molecule has 2 rings (SSSR count). The standard InChI is InChI=1S/C15H21NO3S/c1-12-7-9-13(10-8-12)16-15(17)11-20(18,19)14-5-3-2-4-6-14/h2-6,12-13H,7-11H2,1H3,(H,16,17). The van der Waals surface area contributed by atoms with E-state index in [2.05, 4.69) is 12.2 Å². The van der Waals surface area contributed by atoms with E-state index in [9.17, 15) is 13.2 Å². The molecule has 1 saturated carbocycles. The van der Waals surface area contributed by atoms with Gasteiger partial charge in [0.15, 0.2) is 9.84 Å². The minimum absolute atomic E-state index is 0.129. The highest BCUT2D eigenvalue weighted by Crippen LogP contribution is 2.23. The van der Waals surface area contributed by atoms with Gasteiger partial charge in [-0.1, -0.05) is 25.1 Å². The Bertz CT molecular complexity index is 546. The second-order valence-electron chi connectivity index (χ2n) is 5.60. The van der Waals surface area contributed by atoms with Gasteiger partial charge in [0.25, 0.3) is 0 Å². The van der Waals surface area contributed by atoms with Crippen LogP contribution in [0, 0.1) is 5.92 Å². The molecule has 110 valence electrons.